The van der Waals surface area contributed by atoms with Gasteiger partial charge in [0, 0.05) is 25.9 Å². The van der Waals surface area contributed by atoms with Crippen molar-refractivity contribution < 1.29 is 14.7 Å². The molecule has 0 spiro atoms. The molecule has 1 aromatic carbocycles. The van der Waals surface area contributed by atoms with E-state index < -0.39 is 5.97 Å². The highest BCUT2D eigenvalue weighted by Gasteiger charge is 2.18. The van der Waals surface area contributed by atoms with Gasteiger partial charge in [-0.05, 0) is 31.4 Å². The van der Waals surface area contributed by atoms with Crippen LogP contribution in [0.5, 0.6) is 0 Å². The van der Waals surface area contributed by atoms with Crippen molar-refractivity contribution in [3.63, 3.8) is 0 Å². The number of nitrogens with one attached hydrogen (secondary N) is 3. The number of anilines is 2. The summed E-state index contributed by atoms with van der Waals surface area (Å²) in [5.74, 6) is -1.14. The molecule has 0 aliphatic carbocycles. The minimum absolute atomic E-state index is 0.0312. The molecule has 1 aliphatic rings. The largest absolute Gasteiger partial charge is 0.481 e. The third-order valence-corrected chi connectivity index (χ3v) is 4.15. The summed E-state index contributed by atoms with van der Waals surface area (Å²) in [4.78, 5) is 41.7. The number of rotatable bonds is 6. The number of carboxylic acids is 1. The summed E-state index contributed by atoms with van der Waals surface area (Å²) < 4.78 is 0. The number of aromatic nitrogens is 2. The lowest BCUT2D eigenvalue weighted by Crippen LogP contribution is -2.21. The Labute approximate surface area is 137 Å². The quantitative estimate of drug-likeness (QED) is 0.641. The normalized spacial score (nSPS) is 14.2. The van der Waals surface area contributed by atoms with Crippen LogP contribution in [0.1, 0.15) is 32.1 Å². The topological polar surface area (TPSA) is 118 Å². The number of hydrogen-bond donors (Lipinski definition) is 4. The number of fused-ring (bicyclic) bond motifs is 1. The minimum atomic E-state index is -0.910. The van der Waals surface area contributed by atoms with Crippen LogP contribution in [0, 0.1) is 0 Å². The Balaban J connectivity index is 1.83. The van der Waals surface area contributed by atoms with Crippen LogP contribution in [0.2, 0.25) is 0 Å². The highest BCUT2D eigenvalue weighted by Crippen LogP contribution is 2.32. The van der Waals surface area contributed by atoms with Crippen LogP contribution in [-0.4, -0.2) is 40.0 Å². The fourth-order valence-electron chi connectivity index (χ4n) is 3.00. The second-order valence-corrected chi connectivity index (χ2v) is 5.98. The van der Waals surface area contributed by atoms with Crippen LogP contribution < -0.4 is 15.9 Å². The standard InChI is InChI=1S/C16H20N4O4/c21-14(4-3-5-15(22)23)17-12-8-10-11(19-16(24)18-10)9-13(12)20-6-1-2-7-20/h8-9H,1-7H2,(H,17,21)(H,22,23)(H2,18,19,24). The van der Waals surface area contributed by atoms with Crippen LogP contribution >= 0.6 is 0 Å². The van der Waals surface area contributed by atoms with Crippen LogP contribution in [-0.2, 0) is 9.59 Å². The van der Waals surface area contributed by atoms with Gasteiger partial charge in [-0.3, -0.25) is 9.59 Å². The van der Waals surface area contributed by atoms with E-state index in [1.54, 1.807) is 6.07 Å². The molecule has 1 saturated heterocycles. The summed E-state index contributed by atoms with van der Waals surface area (Å²) in [5.41, 5.74) is 2.55. The SMILES string of the molecule is O=C(O)CCCC(=O)Nc1cc2[nH]c(=O)[nH]c2cc1N1CCCC1. The number of H-pyrrole nitrogens is 2. The molecule has 0 bridgehead atoms. The lowest BCUT2D eigenvalue weighted by atomic mass is 10.2. The van der Waals surface area contributed by atoms with Gasteiger partial charge < -0.3 is 25.3 Å². The van der Waals surface area contributed by atoms with Gasteiger partial charge in [-0.15, -0.1) is 0 Å². The molecular weight excluding hydrogens is 312 g/mol. The van der Waals surface area contributed by atoms with Crippen molar-refractivity contribution in [1.82, 2.24) is 9.97 Å². The summed E-state index contributed by atoms with van der Waals surface area (Å²) in [6.07, 6.45) is 2.59. The van der Waals surface area contributed by atoms with E-state index in [0.29, 0.717) is 23.1 Å². The van der Waals surface area contributed by atoms with Gasteiger partial charge in [0.1, 0.15) is 0 Å². The van der Waals surface area contributed by atoms with Crippen LogP contribution in [0.15, 0.2) is 16.9 Å². The van der Waals surface area contributed by atoms with Gasteiger partial charge in [0.25, 0.3) is 0 Å². The maximum atomic E-state index is 12.1. The number of carboxylic acid groups (broad SMARTS) is 1. The fourth-order valence-corrected chi connectivity index (χ4v) is 3.00. The second-order valence-electron chi connectivity index (χ2n) is 5.98. The molecule has 3 rings (SSSR count). The Morgan fingerprint density at radius 3 is 2.46 bits per heavy atom. The molecule has 0 radical (unpaired) electrons. The first-order chi connectivity index (χ1) is 11.5. The molecule has 2 aromatic rings. The number of benzene rings is 1. The molecule has 1 aliphatic heterocycles. The summed E-state index contributed by atoms with van der Waals surface area (Å²) in [6.45, 7) is 1.81. The molecule has 24 heavy (non-hydrogen) atoms. The summed E-state index contributed by atoms with van der Waals surface area (Å²) in [6, 6.07) is 3.61. The van der Waals surface area contributed by atoms with E-state index in [2.05, 4.69) is 20.2 Å². The molecule has 1 amide bonds. The Bertz CT molecular complexity index is 817. The molecule has 0 atom stereocenters. The molecule has 1 aromatic heterocycles. The number of carbonyl (C=O) groups excluding carboxylic acids is 1. The van der Waals surface area contributed by atoms with E-state index in [1.165, 1.54) is 0 Å². The van der Waals surface area contributed by atoms with Crippen molar-refractivity contribution in [1.29, 1.82) is 0 Å². The van der Waals surface area contributed by atoms with Crippen LogP contribution in [0.3, 0.4) is 0 Å². The Hall–Kier alpha value is -2.77. The minimum Gasteiger partial charge on any atom is -0.481 e. The number of hydrogen-bond acceptors (Lipinski definition) is 4. The van der Waals surface area contributed by atoms with Gasteiger partial charge in [0.05, 0.1) is 22.4 Å². The predicted octanol–water partition coefficient (Wildman–Crippen LogP) is 1.65. The highest BCUT2D eigenvalue weighted by atomic mass is 16.4. The number of carbonyl (C=O) groups is 2. The van der Waals surface area contributed by atoms with E-state index in [0.717, 1.165) is 31.6 Å². The van der Waals surface area contributed by atoms with E-state index in [1.807, 2.05) is 6.07 Å². The maximum absolute atomic E-state index is 12.1. The van der Waals surface area contributed by atoms with Gasteiger partial charge in [0.15, 0.2) is 0 Å². The molecule has 2 heterocycles. The number of imidazole rings is 1. The van der Waals surface area contributed by atoms with Gasteiger partial charge in [-0.25, -0.2) is 4.79 Å². The van der Waals surface area contributed by atoms with E-state index >= 15 is 0 Å². The molecule has 0 unspecified atom stereocenters. The zero-order chi connectivity index (χ0) is 17.1. The smallest absolute Gasteiger partial charge is 0.323 e. The first-order valence-electron chi connectivity index (χ1n) is 8.05. The fraction of sp³-hybridized carbons (Fsp3) is 0.438. The molecule has 8 heteroatoms. The zero-order valence-corrected chi connectivity index (χ0v) is 13.2. The molecule has 0 saturated carbocycles. The molecular formula is C16H20N4O4. The van der Waals surface area contributed by atoms with Crippen molar-refractivity contribution in [2.75, 3.05) is 23.3 Å². The third kappa shape index (κ3) is 3.58. The van der Waals surface area contributed by atoms with Crippen molar-refractivity contribution in [2.45, 2.75) is 32.1 Å². The summed E-state index contributed by atoms with van der Waals surface area (Å²) in [7, 11) is 0. The molecule has 4 N–H and O–H groups in total. The molecule has 1 fully saturated rings. The summed E-state index contributed by atoms with van der Waals surface area (Å²) in [5, 5.41) is 11.5. The van der Waals surface area contributed by atoms with Crippen LogP contribution in [0.25, 0.3) is 11.0 Å². The molecule has 8 nitrogen and oxygen atoms in total. The van der Waals surface area contributed by atoms with Gasteiger partial charge >= 0.3 is 11.7 Å². The Morgan fingerprint density at radius 2 is 1.79 bits per heavy atom. The summed E-state index contributed by atoms with van der Waals surface area (Å²) >= 11 is 0. The average molecular weight is 332 g/mol. The third-order valence-electron chi connectivity index (χ3n) is 4.15. The Kier molecular flexibility index (Phi) is 4.54. The van der Waals surface area contributed by atoms with Crippen molar-refractivity contribution in [3.05, 3.63) is 22.6 Å². The van der Waals surface area contributed by atoms with Crippen LogP contribution in [0.4, 0.5) is 11.4 Å². The maximum Gasteiger partial charge on any atom is 0.323 e. The van der Waals surface area contributed by atoms with Crippen molar-refractivity contribution in [2.24, 2.45) is 0 Å². The average Bonchev–Trinajstić information content (AvgIpc) is 3.14. The highest BCUT2D eigenvalue weighted by molar-refractivity contribution is 5.98. The zero-order valence-electron chi connectivity index (χ0n) is 13.2. The van der Waals surface area contributed by atoms with E-state index in [4.69, 9.17) is 5.11 Å². The van der Waals surface area contributed by atoms with Gasteiger partial charge in [-0.1, -0.05) is 0 Å². The van der Waals surface area contributed by atoms with Crippen molar-refractivity contribution >= 4 is 34.3 Å². The lowest BCUT2D eigenvalue weighted by Gasteiger charge is -2.21. The van der Waals surface area contributed by atoms with Crippen molar-refractivity contribution in [3.8, 4) is 0 Å². The first kappa shape index (κ1) is 16.1. The Morgan fingerprint density at radius 1 is 1.12 bits per heavy atom. The number of aliphatic carboxylic acids is 1. The van der Waals surface area contributed by atoms with Gasteiger partial charge in [-0.2, -0.15) is 0 Å². The predicted molar refractivity (Wildman–Crippen MR) is 90.5 cm³/mol. The van der Waals surface area contributed by atoms with Gasteiger partial charge in [0.2, 0.25) is 5.91 Å². The molecule has 128 valence electrons. The monoisotopic (exact) mass is 332 g/mol. The number of aromatic amines is 2. The number of nitrogens with zero attached hydrogens (tertiary/aromatic N) is 1. The van der Waals surface area contributed by atoms with E-state index in [-0.39, 0.29) is 24.4 Å². The first-order valence-corrected chi connectivity index (χ1v) is 8.05. The lowest BCUT2D eigenvalue weighted by molar-refractivity contribution is -0.137. The van der Waals surface area contributed by atoms with E-state index in [9.17, 15) is 14.4 Å². The number of amides is 1. The second kappa shape index (κ2) is 6.77.